The van der Waals surface area contributed by atoms with E-state index in [0.29, 0.717) is 5.56 Å². The van der Waals surface area contributed by atoms with Crippen molar-refractivity contribution in [2.75, 3.05) is 0 Å². The van der Waals surface area contributed by atoms with Crippen LogP contribution in [0, 0.1) is 27.2 Å². The van der Waals surface area contributed by atoms with Crippen LogP contribution in [-0.2, 0) is 0 Å². The van der Waals surface area contributed by atoms with E-state index in [1.807, 2.05) is 0 Å². The Labute approximate surface area is 97.0 Å². The Morgan fingerprint density at radius 2 is 1.65 bits per heavy atom. The smallest absolute Gasteiger partial charge is 0.317 e. The van der Waals surface area contributed by atoms with Crippen LogP contribution in [0.5, 0.6) is 5.75 Å². The number of phenols is 1. The highest BCUT2D eigenvalue weighted by molar-refractivity contribution is 5.63. The molecule has 7 heteroatoms. The minimum atomic E-state index is -0.834. The van der Waals surface area contributed by atoms with E-state index >= 15 is 0 Å². The van der Waals surface area contributed by atoms with E-state index in [1.54, 1.807) is 13.8 Å². The van der Waals surface area contributed by atoms with E-state index in [0.717, 1.165) is 6.07 Å². The van der Waals surface area contributed by atoms with Gasteiger partial charge in [-0.25, -0.2) is 0 Å². The van der Waals surface area contributed by atoms with Gasteiger partial charge in [-0.05, 0) is 12.8 Å². The summed E-state index contributed by atoms with van der Waals surface area (Å²) < 4.78 is 0. The van der Waals surface area contributed by atoms with Crippen LogP contribution in [0.25, 0.3) is 0 Å². The minimum Gasteiger partial charge on any atom is -0.502 e. The third-order valence-electron chi connectivity index (χ3n) is 2.52. The van der Waals surface area contributed by atoms with Crippen molar-refractivity contribution in [2.24, 2.45) is 0 Å². The standard InChI is InChI=1S/C10H12N2O5/c1-5(2)9-6(3)10(13)8(12(16)17)4-7(9)11(14)15/h4-5,13H,1-3H3. The van der Waals surface area contributed by atoms with Gasteiger partial charge in [-0.2, -0.15) is 0 Å². The maximum absolute atomic E-state index is 10.9. The predicted octanol–water partition coefficient (Wildman–Crippen LogP) is 2.64. The SMILES string of the molecule is Cc1c(O)c([N+](=O)[O-])cc([N+](=O)[O-])c1C(C)C. The Bertz CT molecular complexity index is 496. The van der Waals surface area contributed by atoms with Crippen molar-refractivity contribution >= 4 is 11.4 Å². The molecular weight excluding hydrogens is 228 g/mol. The monoisotopic (exact) mass is 240 g/mol. The molecule has 0 heterocycles. The molecule has 1 aromatic rings. The van der Waals surface area contributed by atoms with Crippen LogP contribution in [0.4, 0.5) is 11.4 Å². The summed E-state index contributed by atoms with van der Waals surface area (Å²) in [6.07, 6.45) is 0. The van der Waals surface area contributed by atoms with Crippen LogP contribution < -0.4 is 0 Å². The Hall–Kier alpha value is -2.18. The molecule has 0 bridgehead atoms. The molecule has 0 saturated heterocycles. The van der Waals surface area contributed by atoms with E-state index in [-0.39, 0.29) is 17.2 Å². The molecule has 7 nitrogen and oxygen atoms in total. The summed E-state index contributed by atoms with van der Waals surface area (Å²) in [6, 6.07) is 0.803. The fraction of sp³-hybridized carbons (Fsp3) is 0.400. The third kappa shape index (κ3) is 2.17. The average Bonchev–Trinajstić information content (AvgIpc) is 2.19. The summed E-state index contributed by atoms with van der Waals surface area (Å²) in [7, 11) is 0. The third-order valence-corrected chi connectivity index (χ3v) is 2.52. The molecule has 0 fully saturated rings. The highest BCUT2D eigenvalue weighted by atomic mass is 16.6. The van der Waals surface area contributed by atoms with E-state index < -0.39 is 21.3 Å². The molecule has 0 spiro atoms. The molecular formula is C10H12N2O5. The molecule has 0 radical (unpaired) electrons. The van der Waals surface area contributed by atoms with Gasteiger partial charge in [0.15, 0.2) is 5.75 Å². The van der Waals surface area contributed by atoms with Gasteiger partial charge in [-0.3, -0.25) is 20.2 Å². The molecule has 92 valence electrons. The van der Waals surface area contributed by atoms with Gasteiger partial charge in [0, 0.05) is 11.1 Å². The quantitative estimate of drug-likeness (QED) is 0.645. The van der Waals surface area contributed by atoms with Crippen LogP contribution in [0.3, 0.4) is 0 Å². The second-order valence-electron chi connectivity index (χ2n) is 3.97. The Balaban J connectivity index is 3.68. The van der Waals surface area contributed by atoms with Crippen molar-refractivity contribution in [1.82, 2.24) is 0 Å². The van der Waals surface area contributed by atoms with Crippen LogP contribution in [0.2, 0.25) is 0 Å². The Morgan fingerprint density at radius 3 is 2.00 bits per heavy atom. The van der Waals surface area contributed by atoms with E-state index in [1.165, 1.54) is 6.92 Å². The number of hydrogen-bond acceptors (Lipinski definition) is 5. The topological polar surface area (TPSA) is 107 Å². The van der Waals surface area contributed by atoms with Crippen molar-refractivity contribution in [3.63, 3.8) is 0 Å². The lowest BCUT2D eigenvalue weighted by Crippen LogP contribution is -2.03. The molecule has 0 aromatic heterocycles. The highest BCUT2D eigenvalue weighted by Gasteiger charge is 2.28. The van der Waals surface area contributed by atoms with Crippen LogP contribution >= 0.6 is 0 Å². The Kier molecular flexibility index (Phi) is 3.31. The maximum atomic E-state index is 10.9. The lowest BCUT2D eigenvalue weighted by Gasteiger charge is -2.11. The summed E-state index contributed by atoms with van der Waals surface area (Å²) in [4.78, 5) is 20.0. The molecule has 0 atom stereocenters. The maximum Gasteiger partial charge on any atom is 0.317 e. The molecule has 0 amide bonds. The molecule has 1 rings (SSSR count). The molecule has 0 aliphatic rings. The number of aromatic hydroxyl groups is 1. The van der Waals surface area contributed by atoms with Gasteiger partial charge in [0.1, 0.15) is 0 Å². The molecule has 0 aliphatic carbocycles. The van der Waals surface area contributed by atoms with Crippen LogP contribution in [0.15, 0.2) is 6.07 Å². The van der Waals surface area contributed by atoms with Gasteiger partial charge in [0.25, 0.3) is 5.69 Å². The first kappa shape index (κ1) is 12.9. The van der Waals surface area contributed by atoms with Gasteiger partial charge >= 0.3 is 5.69 Å². The van der Waals surface area contributed by atoms with Crippen molar-refractivity contribution in [2.45, 2.75) is 26.7 Å². The van der Waals surface area contributed by atoms with Crippen molar-refractivity contribution in [3.05, 3.63) is 37.4 Å². The molecule has 0 unspecified atom stereocenters. The number of phenolic OH excluding ortho intramolecular Hbond substituents is 1. The molecule has 0 aliphatic heterocycles. The van der Waals surface area contributed by atoms with Gasteiger partial charge in [-0.15, -0.1) is 0 Å². The van der Waals surface area contributed by atoms with Crippen molar-refractivity contribution in [3.8, 4) is 5.75 Å². The van der Waals surface area contributed by atoms with Gasteiger partial charge < -0.3 is 5.11 Å². The number of hydrogen-bond donors (Lipinski definition) is 1. The minimum absolute atomic E-state index is 0.181. The highest BCUT2D eigenvalue weighted by Crippen LogP contribution is 2.40. The molecule has 17 heavy (non-hydrogen) atoms. The fourth-order valence-corrected chi connectivity index (χ4v) is 1.81. The number of rotatable bonds is 3. The van der Waals surface area contributed by atoms with E-state index in [2.05, 4.69) is 0 Å². The number of benzene rings is 1. The lowest BCUT2D eigenvalue weighted by molar-refractivity contribution is -0.395. The second kappa shape index (κ2) is 4.36. The second-order valence-corrected chi connectivity index (χ2v) is 3.97. The van der Waals surface area contributed by atoms with Gasteiger partial charge in [0.2, 0.25) is 0 Å². The number of nitrogens with zero attached hydrogens (tertiary/aromatic N) is 2. The van der Waals surface area contributed by atoms with Crippen LogP contribution in [-0.4, -0.2) is 15.0 Å². The number of nitro groups is 2. The van der Waals surface area contributed by atoms with E-state index in [9.17, 15) is 25.3 Å². The number of nitro benzene ring substituents is 2. The Morgan fingerprint density at radius 1 is 1.18 bits per heavy atom. The van der Waals surface area contributed by atoms with Crippen LogP contribution in [0.1, 0.15) is 30.9 Å². The summed E-state index contributed by atoms with van der Waals surface area (Å²) in [5.74, 6) is -0.716. The first-order chi connectivity index (χ1) is 7.77. The normalized spacial score (nSPS) is 10.6. The molecule has 1 aromatic carbocycles. The largest absolute Gasteiger partial charge is 0.502 e. The summed E-state index contributed by atoms with van der Waals surface area (Å²) in [5.41, 5.74) is -0.473. The summed E-state index contributed by atoms with van der Waals surface area (Å²) in [6.45, 7) is 4.88. The summed E-state index contributed by atoms with van der Waals surface area (Å²) >= 11 is 0. The zero-order valence-electron chi connectivity index (χ0n) is 9.63. The zero-order chi connectivity index (χ0) is 13.3. The average molecular weight is 240 g/mol. The van der Waals surface area contributed by atoms with E-state index in [4.69, 9.17) is 0 Å². The fourth-order valence-electron chi connectivity index (χ4n) is 1.81. The lowest BCUT2D eigenvalue weighted by atomic mass is 9.94. The zero-order valence-corrected chi connectivity index (χ0v) is 9.63. The van der Waals surface area contributed by atoms with Crippen molar-refractivity contribution in [1.29, 1.82) is 0 Å². The first-order valence-corrected chi connectivity index (χ1v) is 4.92. The molecule has 1 N–H and O–H groups in total. The van der Waals surface area contributed by atoms with Gasteiger partial charge in [0.05, 0.1) is 15.9 Å². The first-order valence-electron chi connectivity index (χ1n) is 4.92. The van der Waals surface area contributed by atoms with Crippen molar-refractivity contribution < 1.29 is 15.0 Å². The summed E-state index contributed by atoms with van der Waals surface area (Å²) in [5, 5.41) is 31.2. The molecule has 0 saturated carbocycles. The predicted molar refractivity (Wildman–Crippen MR) is 60.2 cm³/mol. The van der Waals surface area contributed by atoms with Gasteiger partial charge in [-0.1, -0.05) is 13.8 Å².